The highest BCUT2D eigenvalue weighted by Gasteiger charge is 2.01. The van der Waals surface area contributed by atoms with Crippen LogP contribution in [0.15, 0.2) is 0 Å². The lowest BCUT2D eigenvalue weighted by molar-refractivity contribution is 0.168. The van der Waals surface area contributed by atoms with Crippen LogP contribution in [0.2, 0.25) is 0 Å². The zero-order chi connectivity index (χ0) is 7.11. The fourth-order valence-corrected chi connectivity index (χ4v) is 0.907. The Morgan fingerprint density at radius 2 is 2.33 bits per heavy atom. The van der Waals surface area contributed by atoms with Gasteiger partial charge < -0.3 is 10.1 Å². The summed E-state index contributed by atoms with van der Waals surface area (Å²) in [4.78, 5) is 0. The summed E-state index contributed by atoms with van der Waals surface area (Å²) in [5.74, 6) is 0.689. The smallest absolute Gasteiger partial charge is 0.0616 e. The van der Waals surface area contributed by atoms with Crippen molar-refractivity contribution < 1.29 is 4.74 Å². The van der Waals surface area contributed by atoms with Crippen molar-refractivity contribution in [1.29, 1.82) is 0 Å². The fourth-order valence-electron chi connectivity index (χ4n) is 0.644. The molecule has 0 aromatic carbocycles. The van der Waals surface area contributed by atoms with Gasteiger partial charge in [0.25, 0.3) is 0 Å². The van der Waals surface area contributed by atoms with Gasteiger partial charge in [-0.05, 0) is 13.5 Å². The third-order valence-corrected chi connectivity index (χ3v) is 1.45. The number of nitrogens with one attached hydrogen (secondary N) is 1. The van der Waals surface area contributed by atoms with Crippen molar-refractivity contribution in [2.75, 3.05) is 26.6 Å². The maximum Gasteiger partial charge on any atom is 0.0616 e. The molecule has 0 aliphatic rings. The molecule has 0 aromatic heterocycles. The van der Waals surface area contributed by atoms with Crippen LogP contribution in [0.4, 0.5) is 0 Å². The Hall–Kier alpha value is 0.210. The van der Waals surface area contributed by atoms with Crippen LogP contribution in [-0.4, -0.2) is 32.7 Å². The molecular formula is C6H14ClNO. The molecule has 1 N–H and O–H groups in total. The van der Waals surface area contributed by atoms with Crippen LogP contribution in [0.25, 0.3) is 0 Å². The average molecular weight is 152 g/mol. The van der Waals surface area contributed by atoms with E-state index in [0.717, 1.165) is 13.0 Å². The Morgan fingerprint density at radius 3 is 2.67 bits per heavy atom. The van der Waals surface area contributed by atoms with Crippen LogP contribution >= 0.6 is 11.6 Å². The van der Waals surface area contributed by atoms with Crippen LogP contribution < -0.4 is 5.32 Å². The number of likely N-dealkylation sites (N-methyl/N-ethyl adjacent to an activating group) is 1. The minimum atomic E-state index is 0.410. The molecular weight excluding hydrogens is 138 g/mol. The molecule has 0 bridgehead atoms. The Balaban J connectivity index is 3.18. The maximum atomic E-state index is 5.52. The third kappa shape index (κ3) is 4.70. The molecule has 0 fully saturated rings. The highest BCUT2D eigenvalue weighted by molar-refractivity contribution is 6.17. The lowest BCUT2D eigenvalue weighted by atomic mass is 10.2. The van der Waals surface area contributed by atoms with Crippen molar-refractivity contribution in [3.63, 3.8) is 0 Å². The van der Waals surface area contributed by atoms with Gasteiger partial charge in [0.15, 0.2) is 0 Å². The van der Waals surface area contributed by atoms with Crippen molar-refractivity contribution in [2.24, 2.45) is 0 Å². The summed E-state index contributed by atoms with van der Waals surface area (Å²) >= 11 is 5.52. The number of rotatable bonds is 5. The summed E-state index contributed by atoms with van der Waals surface area (Å²) in [6.07, 6.45) is 0.964. The van der Waals surface area contributed by atoms with Crippen molar-refractivity contribution in [3.05, 3.63) is 0 Å². The van der Waals surface area contributed by atoms with Crippen molar-refractivity contribution in [2.45, 2.75) is 12.5 Å². The first-order chi connectivity index (χ1) is 4.35. The van der Waals surface area contributed by atoms with E-state index < -0.39 is 0 Å². The molecule has 0 rings (SSSR count). The second-order valence-corrected chi connectivity index (χ2v) is 2.30. The highest BCUT2D eigenvalue weighted by Crippen LogP contribution is 1.93. The quantitative estimate of drug-likeness (QED) is 0.589. The molecule has 0 radical (unpaired) electrons. The van der Waals surface area contributed by atoms with E-state index in [1.54, 1.807) is 7.11 Å². The molecule has 0 saturated heterocycles. The predicted molar refractivity (Wildman–Crippen MR) is 40.1 cm³/mol. The summed E-state index contributed by atoms with van der Waals surface area (Å²) in [5, 5.41) is 3.09. The topological polar surface area (TPSA) is 21.3 Å². The molecule has 0 spiro atoms. The molecule has 0 aliphatic heterocycles. The summed E-state index contributed by atoms with van der Waals surface area (Å²) in [6.45, 7) is 0.739. The molecule has 0 amide bonds. The summed E-state index contributed by atoms with van der Waals surface area (Å²) in [5.41, 5.74) is 0. The molecule has 56 valence electrons. The Bertz CT molecular complexity index is 55.0. The molecule has 0 heterocycles. The summed E-state index contributed by atoms with van der Waals surface area (Å²) in [7, 11) is 3.61. The number of ether oxygens (including phenoxy) is 1. The molecule has 1 atom stereocenters. The van der Waals surface area contributed by atoms with Crippen molar-refractivity contribution >= 4 is 11.6 Å². The van der Waals surface area contributed by atoms with Crippen LogP contribution in [0, 0.1) is 0 Å². The van der Waals surface area contributed by atoms with Crippen LogP contribution in [0.3, 0.4) is 0 Å². The van der Waals surface area contributed by atoms with Gasteiger partial charge in [-0.15, -0.1) is 11.6 Å². The lowest BCUT2D eigenvalue weighted by Gasteiger charge is -2.12. The SMILES string of the molecule is CN[C@@H](CCCl)COC. The van der Waals surface area contributed by atoms with Crippen molar-refractivity contribution in [3.8, 4) is 0 Å². The standard InChI is InChI=1S/C6H14ClNO/c1-8-6(3-4-7)5-9-2/h6,8H,3-5H2,1-2H3/t6-/m0/s1. The van der Waals surface area contributed by atoms with Crippen LogP contribution in [0.5, 0.6) is 0 Å². The lowest BCUT2D eigenvalue weighted by Crippen LogP contribution is -2.30. The van der Waals surface area contributed by atoms with E-state index in [-0.39, 0.29) is 0 Å². The number of hydrogen-bond donors (Lipinski definition) is 1. The summed E-state index contributed by atoms with van der Waals surface area (Å²) in [6, 6.07) is 0.410. The van der Waals surface area contributed by atoms with Gasteiger partial charge in [0.2, 0.25) is 0 Å². The number of hydrogen-bond acceptors (Lipinski definition) is 2. The molecule has 3 heteroatoms. The largest absolute Gasteiger partial charge is 0.383 e. The second-order valence-electron chi connectivity index (χ2n) is 1.92. The molecule has 0 saturated carbocycles. The van der Waals surface area contributed by atoms with Gasteiger partial charge in [-0.2, -0.15) is 0 Å². The van der Waals surface area contributed by atoms with E-state index in [1.807, 2.05) is 7.05 Å². The van der Waals surface area contributed by atoms with E-state index >= 15 is 0 Å². The second kappa shape index (κ2) is 6.33. The zero-order valence-corrected chi connectivity index (χ0v) is 6.74. The average Bonchev–Trinajstić information content (AvgIpc) is 1.88. The van der Waals surface area contributed by atoms with Gasteiger partial charge in [-0.1, -0.05) is 0 Å². The Kier molecular flexibility index (Phi) is 6.48. The zero-order valence-electron chi connectivity index (χ0n) is 5.98. The first-order valence-corrected chi connectivity index (χ1v) is 3.60. The molecule has 2 nitrogen and oxygen atoms in total. The first kappa shape index (κ1) is 9.21. The maximum absolute atomic E-state index is 5.52. The number of halogens is 1. The minimum absolute atomic E-state index is 0.410. The van der Waals surface area contributed by atoms with Gasteiger partial charge in [0, 0.05) is 19.0 Å². The Morgan fingerprint density at radius 1 is 1.67 bits per heavy atom. The minimum Gasteiger partial charge on any atom is -0.383 e. The van der Waals surface area contributed by atoms with Gasteiger partial charge in [-0.25, -0.2) is 0 Å². The van der Waals surface area contributed by atoms with Crippen LogP contribution in [0.1, 0.15) is 6.42 Å². The first-order valence-electron chi connectivity index (χ1n) is 3.07. The monoisotopic (exact) mass is 151 g/mol. The molecule has 9 heavy (non-hydrogen) atoms. The van der Waals surface area contributed by atoms with E-state index in [2.05, 4.69) is 5.32 Å². The highest BCUT2D eigenvalue weighted by atomic mass is 35.5. The fraction of sp³-hybridized carbons (Fsp3) is 1.00. The van der Waals surface area contributed by atoms with Gasteiger partial charge >= 0.3 is 0 Å². The normalized spacial score (nSPS) is 13.7. The Labute approximate surface area is 61.5 Å². The molecule has 0 aromatic rings. The predicted octanol–water partition coefficient (Wildman–Crippen LogP) is 0.850. The van der Waals surface area contributed by atoms with Crippen molar-refractivity contribution in [1.82, 2.24) is 5.32 Å². The van der Waals surface area contributed by atoms with Gasteiger partial charge in [-0.3, -0.25) is 0 Å². The van der Waals surface area contributed by atoms with Gasteiger partial charge in [0.05, 0.1) is 6.61 Å². The molecule has 0 unspecified atom stereocenters. The summed E-state index contributed by atoms with van der Waals surface area (Å²) < 4.78 is 4.93. The van der Waals surface area contributed by atoms with Gasteiger partial charge in [0.1, 0.15) is 0 Å². The van der Waals surface area contributed by atoms with E-state index in [0.29, 0.717) is 11.9 Å². The number of methoxy groups -OCH3 is 1. The van der Waals surface area contributed by atoms with E-state index in [9.17, 15) is 0 Å². The van der Waals surface area contributed by atoms with E-state index in [1.165, 1.54) is 0 Å². The van der Waals surface area contributed by atoms with E-state index in [4.69, 9.17) is 16.3 Å². The third-order valence-electron chi connectivity index (χ3n) is 1.23. The van der Waals surface area contributed by atoms with Crippen LogP contribution in [-0.2, 0) is 4.74 Å². The molecule has 0 aliphatic carbocycles. The number of alkyl halides is 1.